The van der Waals surface area contributed by atoms with Crippen LogP contribution in [0.4, 0.5) is 4.39 Å². The zero-order valence-corrected chi connectivity index (χ0v) is 19.0. The van der Waals surface area contributed by atoms with Crippen molar-refractivity contribution >= 4 is 38.1 Å². The molecule has 2 aliphatic rings. The monoisotopic (exact) mass is 487 g/mol. The SMILES string of the molecule is CN(C1CCCCC1)S(=O)(=O)N1CCN(C(=O)/C=C/c2cc(Br)ccc2F)CC1. The maximum atomic E-state index is 13.8. The molecule has 6 nitrogen and oxygen atoms in total. The minimum atomic E-state index is -3.52. The van der Waals surface area contributed by atoms with Gasteiger partial charge in [-0.3, -0.25) is 4.79 Å². The van der Waals surface area contributed by atoms with E-state index in [1.165, 1.54) is 33.2 Å². The van der Waals surface area contributed by atoms with Gasteiger partial charge in [-0.15, -0.1) is 0 Å². The van der Waals surface area contributed by atoms with Crippen LogP contribution in [0.5, 0.6) is 0 Å². The van der Waals surface area contributed by atoms with Gasteiger partial charge in [0.1, 0.15) is 5.82 Å². The Hall–Kier alpha value is -1.29. The van der Waals surface area contributed by atoms with E-state index in [-0.39, 0.29) is 25.0 Å². The van der Waals surface area contributed by atoms with E-state index in [2.05, 4.69) is 15.9 Å². The van der Waals surface area contributed by atoms with E-state index in [1.807, 2.05) is 0 Å². The van der Waals surface area contributed by atoms with Crippen LogP contribution in [0.15, 0.2) is 28.7 Å². The Labute approximate surface area is 180 Å². The maximum absolute atomic E-state index is 13.8. The third-order valence-corrected chi connectivity index (χ3v) is 8.23. The number of rotatable bonds is 5. The molecular formula is C20H27BrFN3O3S. The van der Waals surface area contributed by atoms with Gasteiger partial charge in [-0.25, -0.2) is 4.39 Å². The van der Waals surface area contributed by atoms with Crippen LogP contribution in [0.2, 0.25) is 0 Å². The highest BCUT2D eigenvalue weighted by Crippen LogP contribution is 2.25. The Bertz CT molecular complexity index is 864. The van der Waals surface area contributed by atoms with Crippen molar-refractivity contribution in [3.05, 3.63) is 40.1 Å². The van der Waals surface area contributed by atoms with Gasteiger partial charge in [0.2, 0.25) is 5.91 Å². The minimum Gasteiger partial charge on any atom is -0.337 e. The maximum Gasteiger partial charge on any atom is 0.282 e. The van der Waals surface area contributed by atoms with Gasteiger partial charge in [0.05, 0.1) is 0 Å². The van der Waals surface area contributed by atoms with Gasteiger partial charge in [-0.05, 0) is 37.1 Å². The summed E-state index contributed by atoms with van der Waals surface area (Å²) in [6.45, 7) is 1.18. The molecule has 1 heterocycles. The molecule has 0 unspecified atom stereocenters. The van der Waals surface area contributed by atoms with Gasteiger partial charge in [0.25, 0.3) is 10.2 Å². The number of benzene rings is 1. The molecule has 0 atom stereocenters. The molecule has 1 saturated carbocycles. The first-order valence-corrected chi connectivity index (χ1v) is 12.1. The third-order valence-electron chi connectivity index (χ3n) is 5.69. The van der Waals surface area contributed by atoms with Gasteiger partial charge in [-0.1, -0.05) is 35.2 Å². The minimum absolute atomic E-state index is 0.0661. The normalized spacial score (nSPS) is 19.9. The quantitative estimate of drug-likeness (QED) is 0.598. The fourth-order valence-corrected chi connectivity index (χ4v) is 5.82. The molecule has 29 heavy (non-hydrogen) atoms. The zero-order valence-electron chi connectivity index (χ0n) is 16.6. The summed E-state index contributed by atoms with van der Waals surface area (Å²) in [5.74, 6) is -0.652. The summed E-state index contributed by atoms with van der Waals surface area (Å²) in [4.78, 5) is 14.0. The van der Waals surface area contributed by atoms with Crippen molar-refractivity contribution in [2.75, 3.05) is 33.2 Å². The average Bonchev–Trinajstić information content (AvgIpc) is 2.74. The molecular weight excluding hydrogens is 461 g/mol. The Morgan fingerprint density at radius 1 is 1.17 bits per heavy atom. The first-order chi connectivity index (χ1) is 13.8. The molecule has 1 aliphatic carbocycles. The molecule has 0 N–H and O–H groups in total. The largest absolute Gasteiger partial charge is 0.337 e. The van der Waals surface area contributed by atoms with Gasteiger partial charge < -0.3 is 4.90 Å². The molecule has 0 bridgehead atoms. The predicted molar refractivity (Wildman–Crippen MR) is 115 cm³/mol. The van der Waals surface area contributed by atoms with Gasteiger partial charge in [-0.2, -0.15) is 17.0 Å². The molecule has 1 amide bonds. The Morgan fingerprint density at radius 2 is 1.83 bits per heavy atom. The van der Waals surface area contributed by atoms with E-state index < -0.39 is 16.0 Å². The molecule has 0 radical (unpaired) electrons. The number of carbonyl (C=O) groups is 1. The van der Waals surface area contributed by atoms with Crippen molar-refractivity contribution in [3.8, 4) is 0 Å². The van der Waals surface area contributed by atoms with Crippen LogP contribution in [0, 0.1) is 5.82 Å². The second-order valence-corrected chi connectivity index (χ2v) is 10.4. The number of piperazine rings is 1. The van der Waals surface area contributed by atoms with Crippen LogP contribution in [0.1, 0.15) is 37.7 Å². The molecule has 1 saturated heterocycles. The summed E-state index contributed by atoms with van der Waals surface area (Å²) < 4.78 is 43.4. The van der Waals surface area contributed by atoms with Crippen LogP contribution >= 0.6 is 15.9 Å². The lowest BCUT2D eigenvalue weighted by atomic mass is 9.96. The summed E-state index contributed by atoms with van der Waals surface area (Å²) in [6, 6.07) is 4.60. The van der Waals surface area contributed by atoms with Crippen molar-refractivity contribution in [1.82, 2.24) is 13.5 Å². The second kappa shape index (κ2) is 9.68. The number of nitrogens with zero attached hydrogens (tertiary/aromatic N) is 3. The standard InChI is InChI=1S/C20H27BrFN3O3S/c1-23(18-5-3-2-4-6-18)29(27,28)25-13-11-24(12-14-25)20(26)10-7-16-15-17(21)8-9-19(16)22/h7-10,15,18H,2-6,11-14H2,1H3/b10-7+. The van der Waals surface area contributed by atoms with Crippen LogP contribution in [0.3, 0.4) is 0 Å². The predicted octanol–water partition coefficient (Wildman–Crippen LogP) is 3.25. The van der Waals surface area contributed by atoms with Crippen LogP contribution in [-0.2, 0) is 15.0 Å². The van der Waals surface area contributed by atoms with E-state index in [4.69, 9.17) is 0 Å². The highest BCUT2D eigenvalue weighted by Gasteiger charge is 2.35. The molecule has 1 aliphatic heterocycles. The Kier molecular flexibility index (Phi) is 7.47. The van der Waals surface area contributed by atoms with Gasteiger partial charge in [0.15, 0.2) is 0 Å². The first-order valence-electron chi connectivity index (χ1n) is 9.94. The highest BCUT2D eigenvalue weighted by molar-refractivity contribution is 9.10. The molecule has 1 aromatic rings. The van der Waals surface area contributed by atoms with E-state index in [9.17, 15) is 17.6 Å². The molecule has 2 fully saturated rings. The van der Waals surface area contributed by atoms with Crippen molar-refractivity contribution in [2.24, 2.45) is 0 Å². The smallest absolute Gasteiger partial charge is 0.282 e. The Morgan fingerprint density at radius 3 is 2.48 bits per heavy atom. The third kappa shape index (κ3) is 5.45. The van der Waals surface area contributed by atoms with Crippen molar-refractivity contribution < 1.29 is 17.6 Å². The highest BCUT2D eigenvalue weighted by atomic mass is 79.9. The lowest BCUT2D eigenvalue weighted by molar-refractivity contribution is -0.127. The van der Waals surface area contributed by atoms with Gasteiger partial charge in [0, 0.05) is 55.4 Å². The van der Waals surface area contributed by atoms with Crippen molar-refractivity contribution in [2.45, 2.75) is 38.1 Å². The van der Waals surface area contributed by atoms with Crippen LogP contribution in [0.25, 0.3) is 6.08 Å². The van der Waals surface area contributed by atoms with E-state index in [1.54, 1.807) is 24.1 Å². The fourth-order valence-electron chi connectivity index (χ4n) is 3.86. The number of hydrogen-bond acceptors (Lipinski definition) is 3. The van der Waals surface area contributed by atoms with E-state index in [0.717, 1.165) is 30.2 Å². The Balaban J connectivity index is 1.57. The molecule has 0 aromatic heterocycles. The van der Waals surface area contributed by atoms with E-state index >= 15 is 0 Å². The van der Waals surface area contributed by atoms with Crippen molar-refractivity contribution in [3.63, 3.8) is 0 Å². The summed E-state index contributed by atoms with van der Waals surface area (Å²) in [7, 11) is -1.86. The zero-order chi connectivity index (χ0) is 21.0. The number of amides is 1. The lowest BCUT2D eigenvalue weighted by Crippen LogP contribution is -2.55. The number of carbonyl (C=O) groups excluding carboxylic acids is 1. The second-order valence-electron chi connectivity index (χ2n) is 7.54. The van der Waals surface area contributed by atoms with Crippen LogP contribution < -0.4 is 0 Å². The molecule has 0 spiro atoms. The molecule has 160 valence electrons. The first kappa shape index (κ1) is 22.4. The lowest BCUT2D eigenvalue weighted by Gasteiger charge is -2.38. The summed E-state index contributed by atoms with van der Waals surface area (Å²) in [5, 5.41) is 0. The molecule has 9 heteroatoms. The van der Waals surface area contributed by atoms with E-state index in [0.29, 0.717) is 18.7 Å². The molecule has 1 aromatic carbocycles. The summed E-state index contributed by atoms with van der Waals surface area (Å²) >= 11 is 3.28. The van der Waals surface area contributed by atoms with Crippen LogP contribution in [-0.4, -0.2) is 67.1 Å². The number of hydrogen-bond donors (Lipinski definition) is 0. The van der Waals surface area contributed by atoms with Crippen molar-refractivity contribution in [1.29, 1.82) is 0 Å². The van der Waals surface area contributed by atoms with Gasteiger partial charge >= 0.3 is 0 Å². The fraction of sp³-hybridized carbons (Fsp3) is 0.550. The average molecular weight is 488 g/mol. The number of halogens is 2. The summed E-state index contributed by atoms with van der Waals surface area (Å²) in [5.41, 5.74) is 0.322. The molecule has 3 rings (SSSR count). The summed E-state index contributed by atoms with van der Waals surface area (Å²) in [6.07, 6.45) is 7.90. The topological polar surface area (TPSA) is 60.9 Å².